The summed E-state index contributed by atoms with van der Waals surface area (Å²) in [6, 6.07) is 16.1. The molecule has 0 bridgehead atoms. The van der Waals surface area contributed by atoms with Gasteiger partial charge in [-0.05, 0) is 41.7 Å². The van der Waals surface area contributed by atoms with Crippen LogP contribution in [0.4, 0.5) is 17.5 Å². The molecule has 0 saturated carbocycles. The molecule has 1 aliphatic rings. The zero-order chi connectivity index (χ0) is 22.1. The number of rotatable bonds is 6. The molecule has 2 atom stereocenters. The van der Waals surface area contributed by atoms with Crippen molar-refractivity contribution in [1.29, 1.82) is 0 Å². The summed E-state index contributed by atoms with van der Waals surface area (Å²) >= 11 is 0. The summed E-state index contributed by atoms with van der Waals surface area (Å²) in [7, 11) is 0. The van der Waals surface area contributed by atoms with E-state index in [1.807, 2.05) is 28.8 Å². The van der Waals surface area contributed by atoms with E-state index in [0.29, 0.717) is 29.5 Å². The van der Waals surface area contributed by atoms with Gasteiger partial charge in [0.25, 0.3) is 0 Å². The van der Waals surface area contributed by atoms with Gasteiger partial charge in [0.05, 0.1) is 12.7 Å². The number of hydrogen-bond donors (Lipinski definition) is 4. The Morgan fingerprint density at radius 2 is 1.91 bits per heavy atom. The highest BCUT2D eigenvalue weighted by Gasteiger charge is 2.30. The summed E-state index contributed by atoms with van der Waals surface area (Å²) in [5.41, 5.74) is 17.1. The van der Waals surface area contributed by atoms with Gasteiger partial charge in [0.1, 0.15) is 12.6 Å². The Balaban J connectivity index is 1.39. The van der Waals surface area contributed by atoms with Gasteiger partial charge in [-0.15, -0.1) is 0 Å². The quantitative estimate of drug-likeness (QED) is 0.342. The Kier molecular flexibility index (Phi) is 5.34. The van der Waals surface area contributed by atoms with Gasteiger partial charge in [0.2, 0.25) is 5.95 Å². The topological polar surface area (TPSA) is 137 Å². The van der Waals surface area contributed by atoms with Crippen molar-refractivity contribution in [2.24, 2.45) is 0 Å². The molecule has 3 heterocycles. The van der Waals surface area contributed by atoms with E-state index >= 15 is 0 Å². The maximum Gasteiger partial charge on any atom is 0.207 e. The number of imidazole rings is 1. The van der Waals surface area contributed by atoms with Crippen LogP contribution < -0.4 is 16.8 Å². The van der Waals surface area contributed by atoms with E-state index in [2.05, 4.69) is 44.5 Å². The van der Waals surface area contributed by atoms with Crippen molar-refractivity contribution in [2.45, 2.75) is 31.7 Å². The summed E-state index contributed by atoms with van der Waals surface area (Å²) in [6.07, 6.45) is 2.48. The van der Waals surface area contributed by atoms with Crippen molar-refractivity contribution in [2.75, 3.05) is 23.4 Å². The van der Waals surface area contributed by atoms with Crippen LogP contribution in [0.2, 0.25) is 0 Å². The lowest BCUT2D eigenvalue weighted by molar-refractivity contribution is -0.0197. The third-order valence-electron chi connectivity index (χ3n) is 5.71. The lowest BCUT2D eigenvalue weighted by atomic mass is 10.0. The van der Waals surface area contributed by atoms with Crippen LogP contribution in [0.1, 0.15) is 24.6 Å². The van der Waals surface area contributed by atoms with Crippen LogP contribution >= 0.6 is 0 Å². The van der Waals surface area contributed by atoms with E-state index in [1.54, 1.807) is 0 Å². The number of aromatic nitrogens is 4. The first-order chi connectivity index (χ1) is 15.6. The van der Waals surface area contributed by atoms with E-state index in [0.717, 1.165) is 35.2 Å². The average Bonchev–Trinajstić information content (AvgIpc) is 3.43. The van der Waals surface area contributed by atoms with Gasteiger partial charge in [-0.2, -0.15) is 0 Å². The van der Waals surface area contributed by atoms with Crippen molar-refractivity contribution in [1.82, 2.24) is 19.5 Å². The predicted octanol–water partition coefficient (Wildman–Crippen LogP) is 2.94. The summed E-state index contributed by atoms with van der Waals surface area (Å²) < 4.78 is 7.90. The molecule has 0 spiro atoms. The number of hydrogen-bond acceptors (Lipinski definition) is 8. The summed E-state index contributed by atoms with van der Waals surface area (Å²) in [5, 5.41) is 12.9. The highest BCUT2D eigenvalue weighted by molar-refractivity contribution is 5.84. The average molecular weight is 432 g/mol. The first-order valence-corrected chi connectivity index (χ1v) is 10.6. The van der Waals surface area contributed by atoms with Gasteiger partial charge in [-0.25, -0.2) is 15.0 Å². The normalized spacial score (nSPS) is 18.3. The van der Waals surface area contributed by atoms with Gasteiger partial charge in [0.15, 0.2) is 17.0 Å². The fourth-order valence-electron chi connectivity index (χ4n) is 4.05. The van der Waals surface area contributed by atoms with Gasteiger partial charge in [0, 0.05) is 12.2 Å². The second-order valence-electron chi connectivity index (χ2n) is 7.89. The van der Waals surface area contributed by atoms with Gasteiger partial charge in [-0.1, -0.05) is 36.4 Å². The van der Waals surface area contributed by atoms with Gasteiger partial charge >= 0.3 is 0 Å². The van der Waals surface area contributed by atoms with Crippen LogP contribution in [0.15, 0.2) is 54.9 Å². The molecule has 9 nitrogen and oxygen atoms in total. The summed E-state index contributed by atoms with van der Waals surface area (Å²) in [6.45, 7) is 0.548. The van der Waals surface area contributed by atoms with E-state index < -0.39 is 0 Å². The standard InChI is InChI=1S/C23H25N7O2/c24-17-3-1-2-16(10-17)15-6-4-14(5-7-15)11-26-23-29-20-21(25)27-13-28-22(20)30(23)19-9-8-18(12-31)32-19/h1-7,10,13,18-19,31H,8-9,11-12,24H2,(H,26,29)(H2,25,27,28)/t18-,19+/m0/s1. The molecule has 0 radical (unpaired) electrons. The van der Waals surface area contributed by atoms with Gasteiger partial charge < -0.3 is 26.6 Å². The van der Waals surface area contributed by atoms with Crippen LogP contribution in [0, 0.1) is 0 Å². The van der Waals surface area contributed by atoms with E-state index in [-0.39, 0.29) is 18.9 Å². The maximum atomic E-state index is 9.46. The van der Waals surface area contributed by atoms with Crippen LogP contribution in [-0.2, 0) is 11.3 Å². The zero-order valence-electron chi connectivity index (χ0n) is 17.5. The fraction of sp³-hybridized carbons (Fsp3) is 0.261. The SMILES string of the molecule is Nc1cccc(-c2ccc(CNc3nc4c(N)ncnc4n3[C@H]3CC[C@@H](CO)O3)cc2)c1. The van der Waals surface area contributed by atoms with Crippen molar-refractivity contribution >= 4 is 28.6 Å². The number of aliphatic hydroxyl groups is 1. The number of nitrogens with zero attached hydrogens (tertiary/aromatic N) is 4. The molecule has 1 aliphatic heterocycles. The molecule has 5 rings (SSSR count). The molecule has 9 heteroatoms. The minimum atomic E-state index is -0.278. The number of ether oxygens (including phenoxy) is 1. The monoisotopic (exact) mass is 431 g/mol. The lowest BCUT2D eigenvalue weighted by Gasteiger charge is -2.17. The third-order valence-corrected chi connectivity index (χ3v) is 5.71. The highest BCUT2D eigenvalue weighted by Crippen LogP contribution is 2.34. The molecular formula is C23H25N7O2. The van der Waals surface area contributed by atoms with Crippen molar-refractivity contribution < 1.29 is 9.84 Å². The van der Waals surface area contributed by atoms with Gasteiger partial charge in [-0.3, -0.25) is 4.57 Å². The van der Waals surface area contributed by atoms with Crippen molar-refractivity contribution in [3.05, 3.63) is 60.4 Å². The van der Waals surface area contributed by atoms with Crippen molar-refractivity contribution in [3.8, 4) is 11.1 Å². The molecule has 32 heavy (non-hydrogen) atoms. The Labute approximate surface area is 185 Å². The fourth-order valence-corrected chi connectivity index (χ4v) is 4.05. The first-order valence-electron chi connectivity index (χ1n) is 10.6. The minimum Gasteiger partial charge on any atom is -0.399 e. The molecule has 2 aromatic heterocycles. The van der Waals surface area contributed by atoms with Crippen LogP contribution in [-0.4, -0.2) is 37.3 Å². The number of fused-ring (bicyclic) bond motifs is 1. The predicted molar refractivity (Wildman–Crippen MR) is 124 cm³/mol. The van der Waals surface area contributed by atoms with E-state index in [1.165, 1.54) is 6.33 Å². The number of aliphatic hydroxyl groups excluding tert-OH is 1. The Bertz CT molecular complexity index is 1240. The maximum absolute atomic E-state index is 9.46. The second-order valence-corrected chi connectivity index (χ2v) is 7.89. The lowest BCUT2D eigenvalue weighted by Crippen LogP contribution is -2.17. The van der Waals surface area contributed by atoms with Crippen LogP contribution in [0.25, 0.3) is 22.3 Å². The molecule has 0 unspecified atom stereocenters. The summed E-state index contributed by atoms with van der Waals surface area (Å²) in [4.78, 5) is 13.1. The number of benzene rings is 2. The number of nitrogens with one attached hydrogen (secondary N) is 1. The zero-order valence-corrected chi connectivity index (χ0v) is 17.5. The van der Waals surface area contributed by atoms with E-state index in [4.69, 9.17) is 16.2 Å². The number of anilines is 3. The minimum absolute atomic E-state index is 0.0115. The molecule has 164 valence electrons. The molecular weight excluding hydrogens is 406 g/mol. The molecule has 1 fully saturated rings. The van der Waals surface area contributed by atoms with Crippen LogP contribution in [0.3, 0.4) is 0 Å². The number of nitrogen functional groups attached to an aromatic ring is 2. The smallest absolute Gasteiger partial charge is 0.207 e. The third kappa shape index (κ3) is 3.83. The number of nitrogens with two attached hydrogens (primary N) is 2. The van der Waals surface area contributed by atoms with Crippen molar-refractivity contribution in [3.63, 3.8) is 0 Å². The second kappa shape index (κ2) is 8.45. The molecule has 4 aromatic rings. The molecule has 1 saturated heterocycles. The Morgan fingerprint density at radius 1 is 1.06 bits per heavy atom. The van der Waals surface area contributed by atoms with E-state index in [9.17, 15) is 5.11 Å². The molecule has 2 aromatic carbocycles. The first kappa shape index (κ1) is 20.2. The van der Waals surface area contributed by atoms with Crippen LogP contribution in [0.5, 0.6) is 0 Å². The molecule has 6 N–H and O–H groups in total. The summed E-state index contributed by atoms with van der Waals surface area (Å²) in [5.74, 6) is 0.927. The Morgan fingerprint density at radius 3 is 2.66 bits per heavy atom. The largest absolute Gasteiger partial charge is 0.399 e. The highest BCUT2D eigenvalue weighted by atomic mass is 16.5. The molecule has 0 amide bonds. The molecule has 0 aliphatic carbocycles. The Hall–Kier alpha value is -3.69.